The Balaban J connectivity index is 1.67. The van der Waals surface area contributed by atoms with Gasteiger partial charge in [0.15, 0.2) is 0 Å². The lowest BCUT2D eigenvalue weighted by molar-refractivity contribution is -0.255. The molecule has 4 rings (SSSR count). The van der Waals surface area contributed by atoms with Crippen LogP contribution in [0.3, 0.4) is 0 Å². The van der Waals surface area contributed by atoms with Gasteiger partial charge in [0.1, 0.15) is 0 Å². The summed E-state index contributed by atoms with van der Waals surface area (Å²) < 4.78 is 0. The van der Waals surface area contributed by atoms with Crippen LogP contribution < -0.4 is 5.11 Å². The third-order valence-electron chi connectivity index (χ3n) is 6.82. The smallest absolute Gasteiger partial charge is 0.0935 e. The molecule has 1 aromatic rings. The maximum absolute atomic E-state index is 11.2. The van der Waals surface area contributed by atoms with Crippen LogP contribution in [0.25, 0.3) is 0 Å². The third kappa shape index (κ3) is 1.45. The Morgan fingerprint density at radius 3 is 2.48 bits per heavy atom. The van der Waals surface area contributed by atoms with Crippen LogP contribution in [0.1, 0.15) is 55.5 Å². The van der Waals surface area contributed by atoms with E-state index in [1.54, 1.807) is 24.3 Å². The van der Waals surface area contributed by atoms with Crippen LogP contribution in [0, 0.1) is 22.7 Å². The lowest BCUT2D eigenvalue weighted by Gasteiger charge is -2.64. The maximum Gasteiger partial charge on any atom is 0.0935 e. The van der Waals surface area contributed by atoms with Gasteiger partial charge >= 0.3 is 0 Å². The monoisotopic (exact) mass is 285 g/mol. The Bertz CT molecular complexity index is 618. The predicted octanol–water partition coefficient (Wildman–Crippen LogP) is 2.08. The Morgan fingerprint density at radius 2 is 1.90 bits per heavy atom. The first-order valence-electron chi connectivity index (χ1n) is 7.83. The highest BCUT2D eigenvalue weighted by molar-refractivity contribution is 5.85. The van der Waals surface area contributed by atoms with E-state index in [-0.39, 0.29) is 5.56 Å². The zero-order valence-electron chi connectivity index (χ0n) is 12.6. The van der Waals surface area contributed by atoms with Crippen LogP contribution in [0.5, 0.6) is 0 Å². The summed E-state index contributed by atoms with van der Waals surface area (Å²) in [4.78, 5) is 10.8. The van der Waals surface area contributed by atoms with Crippen molar-refractivity contribution in [2.24, 2.45) is 22.7 Å². The molecule has 0 saturated heterocycles. The first-order chi connectivity index (χ1) is 9.78. The molecular formula is C18H21O3-. The van der Waals surface area contributed by atoms with Crippen molar-refractivity contribution in [2.75, 3.05) is 0 Å². The Hall–Kier alpha value is -1.35. The van der Waals surface area contributed by atoms with Crippen molar-refractivity contribution in [1.29, 1.82) is 0 Å². The molecule has 3 saturated carbocycles. The number of fused-ring (bicyclic) bond motifs is 1. The van der Waals surface area contributed by atoms with Crippen molar-refractivity contribution in [1.82, 2.24) is 0 Å². The van der Waals surface area contributed by atoms with Crippen molar-refractivity contribution < 1.29 is 15.0 Å². The molecule has 3 aliphatic rings. The fraction of sp³-hybridized carbons (Fsp3) is 0.611. The van der Waals surface area contributed by atoms with Gasteiger partial charge in [-0.25, -0.2) is 0 Å². The molecule has 2 bridgehead atoms. The molecular weight excluding hydrogens is 264 g/mol. The summed E-state index contributed by atoms with van der Waals surface area (Å²) in [7, 11) is 0. The minimum atomic E-state index is -1.17. The lowest BCUT2D eigenvalue weighted by atomic mass is 9.42. The van der Waals surface area contributed by atoms with E-state index in [1.165, 1.54) is 12.8 Å². The van der Waals surface area contributed by atoms with Gasteiger partial charge in [0.25, 0.3) is 0 Å². The molecule has 3 fully saturated rings. The number of hydrogen-bond acceptors (Lipinski definition) is 3. The summed E-state index contributed by atoms with van der Waals surface area (Å²) >= 11 is 0. The highest BCUT2D eigenvalue weighted by atomic mass is 16.4. The molecule has 3 unspecified atom stereocenters. The second kappa shape index (κ2) is 3.70. The van der Waals surface area contributed by atoms with Crippen LogP contribution in [0.4, 0.5) is 0 Å². The number of hydrogen-bond donors (Lipinski definition) is 1. The van der Waals surface area contributed by atoms with Gasteiger partial charge in [-0.2, -0.15) is 0 Å². The summed E-state index contributed by atoms with van der Waals surface area (Å²) in [5.74, 6) is -0.0891. The fourth-order valence-electron chi connectivity index (χ4n) is 5.89. The summed E-state index contributed by atoms with van der Waals surface area (Å²) in [5, 5.41) is 22.0. The molecule has 0 aromatic heterocycles. The topological polar surface area (TPSA) is 60.4 Å². The highest BCUT2D eigenvalue weighted by Crippen LogP contribution is 2.79. The number of carboxylic acids is 1. The van der Waals surface area contributed by atoms with E-state index < -0.39 is 11.6 Å². The molecule has 1 N–H and O–H groups in total. The van der Waals surface area contributed by atoms with Crippen LogP contribution in [0.2, 0.25) is 0 Å². The van der Waals surface area contributed by atoms with Crippen molar-refractivity contribution in [2.45, 2.75) is 45.1 Å². The van der Waals surface area contributed by atoms with E-state index in [0.717, 1.165) is 24.3 Å². The van der Waals surface area contributed by atoms with Gasteiger partial charge in [0.05, 0.1) is 11.6 Å². The quantitative estimate of drug-likeness (QED) is 0.905. The molecule has 1 spiro atoms. The van der Waals surface area contributed by atoms with E-state index in [2.05, 4.69) is 13.8 Å². The Kier molecular flexibility index (Phi) is 2.34. The summed E-state index contributed by atoms with van der Waals surface area (Å²) in [6, 6.07) is 6.62. The third-order valence-corrected chi connectivity index (χ3v) is 6.82. The molecule has 4 atom stereocenters. The van der Waals surface area contributed by atoms with Crippen molar-refractivity contribution in [3.05, 3.63) is 35.4 Å². The van der Waals surface area contributed by atoms with Gasteiger partial charge < -0.3 is 15.0 Å². The first kappa shape index (κ1) is 13.3. The molecule has 1 aromatic carbocycles. The number of aliphatic hydroxyl groups is 1. The van der Waals surface area contributed by atoms with Crippen LogP contribution >= 0.6 is 0 Å². The van der Waals surface area contributed by atoms with Gasteiger partial charge in [0, 0.05) is 0 Å². The number of benzene rings is 1. The molecule has 0 aliphatic heterocycles. The molecule has 3 heteroatoms. The van der Waals surface area contributed by atoms with E-state index in [9.17, 15) is 15.0 Å². The SMILES string of the molecule is CC1(C)CC2CC3C1(C2)C[C@]3(O)c1ccc(C(=O)[O-])cc1. The second-order valence-corrected chi connectivity index (χ2v) is 8.07. The maximum atomic E-state index is 11.2. The summed E-state index contributed by atoms with van der Waals surface area (Å²) in [5.41, 5.74) is 0.879. The van der Waals surface area contributed by atoms with E-state index in [0.29, 0.717) is 16.7 Å². The first-order valence-corrected chi connectivity index (χ1v) is 7.83. The van der Waals surface area contributed by atoms with E-state index >= 15 is 0 Å². The number of rotatable bonds is 2. The van der Waals surface area contributed by atoms with Gasteiger partial charge in [0.2, 0.25) is 0 Å². The fourth-order valence-corrected chi connectivity index (χ4v) is 5.89. The molecule has 3 nitrogen and oxygen atoms in total. The van der Waals surface area contributed by atoms with Crippen LogP contribution in [-0.4, -0.2) is 11.1 Å². The molecule has 21 heavy (non-hydrogen) atoms. The average molecular weight is 285 g/mol. The minimum Gasteiger partial charge on any atom is -0.545 e. The van der Waals surface area contributed by atoms with Gasteiger partial charge in [-0.05, 0) is 59.5 Å². The van der Waals surface area contributed by atoms with Crippen molar-refractivity contribution in [3.63, 3.8) is 0 Å². The number of carboxylic acid groups (broad SMARTS) is 1. The molecule has 112 valence electrons. The van der Waals surface area contributed by atoms with Gasteiger partial charge in [-0.3, -0.25) is 0 Å². The highest BCUT2D eigenvalue weighted by Gasteiger charge is 2.74. The van der Waals surface area contributed by atoms with Gasteiger partial charge in [-0.15, -0.1) is 0 Å². The Morgan fingerprint density at radius 1 is 1.24 bits per heavy atom. The van der Waals surface area contributed by atoms with Gasteiger partial charge in [-0.1, -0.05) is 38.1 Å². The Labute approximate surface area is 125 Å². The molecule has 0 amide bonds. The zero-order chi connectivity index (χ0) is 15.0. The number of aromatic carboxylic acids is 1. The largest absolute Gasteiger partial charge is 0.545 e. The molecule has 3 aliphatic carbocycles. The van der Waals surface area contributed by atoms with Crippen molar-refractivity contribution in [3.8, 4) is 0 Å². The van der Waals surface area contributed by atoms with Crippen molar-refractivity contribution >= 4 is 5.97 Å². The molecule has 0 radical (unpaired) electrons. The number of carbonyl (C=O) groups excluding carboxylic acids is 1. The van der Waals surface area contributed by atoms with Crippen LogP contribution in [-0.2, 0) is 5.60 Å². The minimum absolute atomic E-state index is 0.171. The summed E-state index contributed by atoms with van der Waals surface area (Å²) in [6.45, 7) is 4.69. The lowest BCUT2D eigenvalue weighted by Crippen LogP contribution is -2.62. The predicted molar refractivity (Wildman–Crippen MR) is 76.3 cm³/mol. The van der Waals surface area contributed by atoms with E-state index in [4.69, 9.17) is 0 Å². The summed E-state index contributed by atoms with van der Waals surface area (Å²) in [6.07, 6.45) is 4.47. The normalized spacial score (nSPS) is 42.4. The number of carbonyl (C=O) groups is 1. The zero-order valence-corrected chi connectivity index (χ0v) is 12.6. The second-order valence-electron chi connectivity index (χ2n) is 8.07. The van der Waals surface area contributed by atoms with Crippen LogP contribution in [0.15, 0.2) is 24.3 Å². The standard InChI is InChI=1S/C18H22O3/c1-16(2)8-11-7-14-17(16,9-11)10-18(14,21)13-5-3-12(4-6-13)15(19)20/h3-6,11,14,21H,7-10H2,1-2H3,(H,19,20)/p-1/t11?,14?,17?,18-/m0/s1. The molecule has 0 heterocycles. The van der Waals surface area contributed by atoms with E-state index in [1.807, 2.05) is 0 Å². The average Bonchev–Trinajstić information content (AvgIpc) is 2.86.